The van der Waals surface area contributed by atoms with Crippen LogP contribution in [-0.4, -0.2) is 25.4 Å². The number of carbonyl (C=O) groups excluding carboxylic acids is 2. The molecule has 0 atom stereocenters. The summed E-state index contributed by atoms with van der Waals surface area (Å²) in [7, 11) is 1.63. The molecule has 17 heavy (non-hydrogen) atoms. The molecule has 6 N–H and O–H groups in total. The van der Waals surface area contributed by atoms with E-state index >= 15 is 0 Å². The zero-order chi connectivity index (χ0) is 13.0. The van der Waals surface area contributed by atoms with Crippen LogP contribution in [0.4, 0.5) is 10.7 Å². The molecular formula is C10H14N4O2S. The van der Waals surface area contributed by atoms with Crippen LogP contribution in [-0.2, 0) is 0 Å². The first-order valence-electron chi connectivity index (χ1n) is 4.81. The summed E-state index contributed by atoms with van der Waals surface area (Å²) in [4.78, 5) is 23.2. The minimum atomic E-state index is -0.661. The molecule has 1 rings (SSSR count). The van der Waals surface area contributed by atoms with Crippen LogP contribution >= 0.6 is 11.3 Å². The van der Waals surface area contributed by atoms with Gasteiger partial charge in [-0.05, 0) is 0 Å². The van der Waals surface area contributed by atoms with Gasteiger partial charge in [-0.2, -0.15) is 0 Å². The summed E-state index contributed by atoms with van der Waals surface area (Å²) in [5, 5.41) is 5.86. The average molecular weight is 254 g/mol. The lowest BCUT2D eigenvalue weighted by Gasteiger charge is -2.00. The molecule has 1 aromatic rings. The van der Waals surface area contributed by atoms with Crippen molar-refractivity contribution in [2.24, 2.45) is 5.73 Å². The van der Waals surface area contributed by atoms with Gasteiger partial charge in [-0.1, -0.05) is 6.08 Å². The van der Waals surface area contributed by atoms with E-state index in [1.54, 1.807) is 13.1 Å². The highest BCUT2D eigenvalue weighted by molar-refractivity contribution is 7.19. The minimum Gasteiger partial charge on any atom is -0.397 e. The van der Waals surface area contributed by atoms with Crippen LogP contribution in [0.3, 0.4) is 0 Å². The molecule has 1 aromatic heterocycles. The van der Waals surface area contributed by atoms with Crippen molar-refractivity contribution in [3.8, 4) is 0 Å². The standard InChI is InChI=1S/C10H14N4O2S/c1-3-4-14-9(16)7-6(11)5(8(12)15)10(13-2)17-7/h3,13H,1,4,11H2,2H3,(H2,12,15)(H,14,16). The van der Waals surface area contributed by atoms with Gasteiger partial charge in [0.25, 0.3) is 11.8 Å². The van der Waals surface area contributed by atoms with Gasteiger partial charge >= 0.3 is 0 Å². The van der Waals surface area contributed by atoms with Crippen LogP contribution in [0.25, 0.3) is 0 Å². The summed E-state index contributed by atoms with van der Waals surface area (Å²) in [6.07, 6.45) is 1.55. The first-order valence-corrected chi connectivity index (χ1v) is 5.63. The summed E-state index contributed by atoms with van der Waals surface area (Å²) >= 11 is 1.09. The van der Waals surface area contributed by atoms with Gasteiger partial charge in [0.15, 0.2) is 0 Å². The number of primary amides is 1. The maximum atomic E-state index is 11.7. The molecule has 6 nitrogen and oxygen atoms in total. The van der Waals surface area contributed by atoms with E-state index in [0.29, 0.717) is 11.5 Å². The van der Waals surface area contributed by atoms with Crippen molar-refractivity contribution >= 4 is 33.8 Å². The Bertz CT molecular complexity index is 467. The molecule has 0 aliphatic rings. The van der Waals surface area contributed by atoms with Crippen molar-refractivity contribution in [2.45, 2.75) is 0 Å². The number of carbonyl (C=O) groups is 2. The Morgan fingerprint density at radius 2 is 2.18 bits per heavy atom. The molecular weight excluding hydrogens is 240 g/mol. The molecule has 2 amide bonds. The molecule has 0 radical (unpaired) electrons. The van der Waals surface area contributed by atoms with Crippen molar-refractivity contribution in [3.63, 3.8) is 0 Å². The number of nitrogens with one attached hydrogen (secondary N) is 2. The van der Waals surface area contributed by atoms with Gasteiger partial charge in [0.1, 0.15) is 9.88 Å². The molecule has 0 saturated carbocycles. The maximum absolute atomic E-state index is 11.7. The third-order valence-electron chi connectivity index (χ3n) is 2.03. The van der Waals surface area contributed by atoms with Crippen LogP contribution in [0.2, 0.25) is 0 Å². The zero-order valence-corrected chi connectivity index (χ0v) is 10.2. The Morgan fingerprint density at radius 3 is 2.59 bits per heavy atom. The molecule has 0 bridgehead atoms. The molecule has 0 aromatic carbocycles. The number of hydrogen-bond acceptors (Lipinski definition) is 5. The highest BCUT2D eigenvalue weighted by Crippen LogP contribution is 2.34. The Balaban J connectivity index is 3.14. The van der Waals surface area contributed by atoms with Crippen LogP contribution in [0.5, 0.6) is 0 Å². The van der Waals surface area contributed by atoms with E-state index in [9.17, 15) is 9.59 Å². The van der Waals surface area contributed by atoms with Gasteiger partial charge < -0.3 is 22.1 Å². The Hall–Kier alpha value is -2.02. The number of amides is 2. The minimum absolute atomic E-state index is 0.105. The van der Waals surface area contributed by atoms with E-state index in [1.165, 1.54) is 0 Å². The zero-order valence-electron chi connectivity index (χ0n) is 9.37. The van der Waals surface area contributed by atoms with E-state index in [4.69, 9.17) is 11.5 Å². The van der Waals surface area contributed by atoms with Crippen LogP contribution in [0, 0.1) is 0 Å². The summed E-state index contributed by atoms with van der Waals surface area (Å²) in [5.74, 6) is -1.01. The molecule has 1 heterocycles. The van der Waals surface area contributed by atoms with Crippen LogP contribution in [0.1, 0.15) is 20.0 Å². The second-order valence-electron chi connectivity index (χ2n) is 3.16. The molecule has 0 aliphatic carbocycles. The van der Waals surface area contributed by atoms with E-state index < -0.39 is 5.91 Å². The van der Waals surface area contributed by atoms with Crippen molar-refractivity contribution in [3.05, 3.63) is 23.1 Å². The topological polar surface area (TPSA) is 110 Å². The SMILES string of the molecule is C=CCNC(=O)c1sc(NC)c(C(N)=O)c1N. The molecule has 0 spiro atoms. The first-order chi connectivity index (χ1) is 8.02. The fourth-order valence-corrected chi connectivity index (χ4v) is 2.27. The normalized spacial score (nSPS) is 9.71. The molecule has 7 heteroatoms. The highest BCUT2D eigenvalue weighted by Gasteiger charge is 2.23. The third kappa shape index (κ3) is 2.56. The predicted octanol–water partition coefficient (Wildman–Crippen LogP) is 0.387. The molecule has 92 valence electrons. The first kappa shape index (κ1) is 13.0. The van der Waals surface area contributed by atoms with E-state index in [2.05, 4.69) is 17.2 Å². The fraction of sp³-hybridized carbons (Fsp3) is 0.200. The average Bonchev–Trinajstić information content (AvgIpc) is 2.63. The summed E-state index contributed by atoms with van der Waals surface area (Å²) < 4.78 is 0. The second kappa shape index (κ2) is 5.35. The second-order valence-corrected chi connectivity index (χ2v) is 4.18. The van der Waals surface area contributed by atoms with E-state index in [0.717, 1.165) is 11.3 Å². The smallest absolute Gasteiger partial charge is 0.263 e. The Morgan fingerprint density at radius 1 is 1.53 bits per heavy atom. The van der Waals surface area contributed by atoms with Crippen molar-refractivity contribution in [2.75, 3.05) is 24.6 Å². The van der Waals surface area contributed by atoms with Crippen molar-refractivity contribution in [1.82, 2.24) is 5.32 Å². The van der Waals surface area contributed by atoms with Gasteiger partial charge in [0.2, 0.25) is 0 Å². The highest BCUT2D eigenvalue weighted by atomic mass is 32.1. The summed E-state index contributed by atoms with van der Waals surface area (Å²) in [6.45, 7) is 3.82. The number of nitrogens with two attached hydrogens (primary N) is 2. The Kier molecular flexibility index (Phi) is 4.11. The van der Waals surface area contributed by atoms with Gasteiger partial charge in [-0.15, -0.1) is 17.9 Å². The lowest BCUT2D eigenvalue weighted by Crippen LogP contribution is -2.23. The monoisotopic (exact) mass is 254 g/mol. The van der Waals surface area contributed by atoms with E-state index in [-0.39, 0.29) is 22.0 Å². The number of nitrogen functional groups attached to an aromatic ring is 1. The van der Waals surface area contributed by atoms with Gasteiger partial charge in [-0.25, -0.2) is 0 Å². The number of anilines is 2. The summed E-state index contributed by atoms with van der Waals surface area (Å²) in [6, 6.07) is 0. The van der Waals surface area contributed by atoms with Crippen molar-refractivity contribution < 1.29 is 9.59 Å². The summed E-state index contributed by atoms with van der Waals surface area (Å²) in [5.41, 5.74) is 11.2. The van der Waals surface area contributed by atoms with Crippen molar-refractivity contribution in [1.29, 1.82) is 0 Å². The molecule has 0 fully saturated rings. The lowest BCUT2D eigenvalue weighted by atomic mass is 10.2. The maximum Gasteiger partial charge on any atom is 0.263 e. The number of rotatable bonds is 5. The lowest BCUT2D eigenvalue weighted by molar-refractivity contribution is 0.0962. The van der Waals surface area contributed by atoms with E-state index in [1.807, 2.05) is 0 Å². The van der Waals surface area contributed by atoms with Crippen LogP contribution in [0.15, 0.2) is 12.7 Å². The van der Waals surface area contributed by atoms with Gasteiger partial charge in [0.05, 0.1) is 11.3 Å². The van der Waals surface area contributed by atoms with Gasteiger partial charge in [0, 0.05) is 13.6 Å². The largest absolute Gasteiger partial charge is 0.397 e. The number of thiophene rings is 1. The quantitative estimate of drug-likeness (QED) is 0.569. The number of hydrogen-bond donors (Lipinski definition) is 4. The Labute approximate surface area is 103 Å². The predicted molar refractivity (Wildman–Crippen MR) is 69.3 cm³/mol. The third-order valence-corrected chi connectivity index (χ3v) is 3.25. The molecule has 0 saturated heterocycles. The van der Waals surface area contributed by atoms with Gasteiger partial charge in [-0.3, -0.25) is 9.59 Å². The molecule has 0 unspecified atom stereocenters. The fourth-order valence-electron chi connectivity index (χ4n) is 1.28. The van der Waals surface area contributed by atoms with Crippen LogP contribution < -0.4 is 22.1 Å². The molecule has 0 aliphatic heterocycles.